The normalized spacial score (nSPS) is 24.7. The molecule has 5 rings (SSSR count). The number of carbonyl (C=O) groups is 1. The zero-order chi connectivity index (χ0) is 18.3. The molecule has 0 radical (unpaired) electrons. The molecule has 0 aliphatic carbocycles. The van der Waals surface area contributed by atoms with E-state index in [0.717, 1.165) is 16.5 Å². The summed E-state index contributed by atoms with van der Waals surface area (Å²) < 4.78 is 11.9. The number of likely N-dealkylation sites (tertiary alicyclic amines) is 1. The number of hydrogen-bond acceptors (Lipinski definition) is 4. The van der Waals surface area contributed by atoms with Crippen LogP contribution in [0.5, 0.6) is 0 Å². The molecule has 3 heterocycles. The highest BCUT2D eigenvalue weighted by Crippen LogP contribution is 2.42. The standard InChI is InChI=1S/C22H20N2O3/c25-21(18-10-4-6-16-7-5-12-23-20(16)18)24-13-11-22(17-8-2-1-3-9-17)19(14-24)26-15-27-22/h1-10,12,19H,11,13-15H2/t19-,22-/m1/s1. The minimum Gasteiger partial charge on any atom is -0.347 e. The molecular weight excluding hydrogens is 340 g/mol. The molecule has 2 aliphatic rings. The number of nitrogens with zero attached hydrogens (tertiary/aromatic N) is 2. The molecule has 27 heavy (non-hydrogen) atoms. The fourth-order valence-corrected chi connectivity index (χ4v) is 4.24. The first-order valence-corrected chi connectivity index (χ1v) is 9.22. The summed E-state index contributed by atoms with van der Waals surface area (Å²) in [7, 11) is 0. The Balaban J connectivity index is 1.45. The summed E-state index contributed by atoms with van der Waals surface area (Å²) in [6.07, 6.45) is 2.27. The number of fused-ring (bicyclic) bond motifs is 2. The molecule has 2 fully saturated rings. The molecule has 136 valence electrons. The number of pyridine rings is 1. The smallest absolute Gasteiger partial charge is 0.256 e. The van der Waals surface area contributed by atoms with Gasteiger partial charge in [0.05, 0.1) is 17.6 Å². The van der Waals surface area contributed by atoms with Crippen LogP contribution in [-0.4, -0.2) is 41.8 Å². The van der Waals surface area contributed by atoms with Gasteiger partial charge >= 0.3 is 0 Å². The predicted molar refractivity (Wildman–Crippen MR) is 101 cm³/mol. The van der Waals surface area contributed by atoms with Gasteiger partial charge in [-0.2, -0.15) is 0 Å². The molecule has 2 saturated heterocycles. The number of hydrogen-bond donors (Lipinski definition) is 0. The zero-order valence-electron chi connectivity index (χ0n) is 14.9. The van der Waals surface area contributed by atoms with Crippen LogP contribution in [0.3, 0.4) is 0 Å². The number of para-hydroxylation sites is 1. The Morgan fingerprint density at radius 2 is 1.93 bits per heavy atom. The van der Waals surface area contributed by atoms with Gasteiger partial charge in [-0.05, 0) is 17.7 Å². The van der Waals surface area contributed by atoms with Crippen molar-refractivity contribution in [2.75, 3.05) is 19.9 Å². The van der Waals surface area contributed by atoms with Gasteiger partial charge in [-0.1, -0.05) is 48.5 Å². The van der Waals surface area contributed by atoms with E-state index >= 15 is 0 Å². The first kappa shape index (κ1) is 16.4. The maximum Gasteiger partial charge on any atom is 0.256 e. The SMILES string of the molecule is O=C(c1cccc2cccnc12)N1CC[C@]2(c3ccccc3)OCO[C@@H]2C1. The van der Waals surface area contributed by atoms with Crippen LogP contribution in [0.2, 0.25) is 0 Å². The molecule has 1 aromatic heterocycles. The lowest BCUT2D eigenvalue weighted by Gasteiger charge is -2.42. The number of carbonyl (C=O) groups excluding carboxylic acids is 1. The molecule has 0 bridgehead atoms. The Morgan fingerprint density at radius 1 is 1.07 bits per heavy atom. The Hall–Kier alpha value is -2.76. The number of ether oxygens (including phenoxy) is 2. The van der Waals surface area contributed by atoms with Gasteiger partial charge in [0.25, 0.3) is 5.91 Å². The van der Waals surface area contributed by atoms with Crippen LogP contribution in [0.25, 0.3) is 10.9 Å². The summed E-state index contributed by atoms with van der Waals surface area (Å²) in [5, 5.41) is 0.972. The number of rotatable bonds is 2. The van der Waals surface area contributed by atoms with Crippen molar-refractivity contribution in [3.63, 3.8) is 0 Å². The van der Waals surface area contributed by atoms with Gasteiger partial charge in [0.1, 0.15) is 18.5 Å². The first-order chi connectivity index (χ1) is 13.3. The molecule has 3 aromatic rings. The minimum absolute atomic E-state index is 0.00328. The first-order valence-electron chi connectivity index (χ1n) is 9.22. The molecule has 0 spiro atoms. The van der Waals surface area contributed by atoms with Crippen molar-refractivity contribution in [2.45, 2.75) is 18.1 Å². The molecule has 2 atom stereocenters. The molecule has 5 heteroatoms. The largest absolute Gasteiger partial charge is 0.347 e. The van der Waals surface area contributed by atoms with Crippen molar-refractivity contribution in [3.8, 4) is 0 Å². The van der Waals surface area contributed by atoms with Gasteiger partial charge < -0.3 is 14.4 Å². The van der Waals surface area contributed by atoms with Crippen LogP contribution < -0.4 is 0 Å². The van der Waals surface area contributed by atoms with E-state index in [0.29, 0.717) is 25.1 Å². The number of aromatic nitrogens is 1. The van der Waals surface area contributed by atoms with Gasteiger partial charge in [0.2, 0.25) is 0 Å². The van der Waals surface area contributed by atoms with E-state index in [-0.39, 0.29) is 18.8 Å². The Labute approximate surface area is 157 Å². The lowest BCUT2D eigenvalue weighted by molar-refractivity contribution is -0.0438. The molecular formula is C22H20N2O3. The third kappa shape index (κ3) is 2.62. The fraction of sp³-hybridized carbons (Fsp3) is 0.273. The van der Waals surface area contributed by atoms with Crippen molar-refractivity contribution < 1.29 is 14.3 Å². The van der Waals surface area contributed by atoms with Crippen molar-refractivity contribution >= 4 is 16.8 Å². The molecule has 0 unspecified atom stereocenters. The second kappa shape index (κ2) is 6.44. The number of amides is 1. The second-order valence-corrected chi connectivity index (χ2v) is 7.05. The van der Waals surface area contributed by atoms with E-state index in [1.807, 2.05) is 53.4 Å². The lowest BCUT2D eigenvalue weighted by Crippen LogP contribution is -2.53. The minimum atomic E-state index is -0.463. The van der Waals surface area contributed by atoms with Crippen LogP contribution in [-0.2, 0) is 15.1 Å². The predicted octanol–water partition coefficient (Wildman–Crippen LogP) is 3.35. The Morgan fingerprint density at radius 3 is 2.81 bits per heavy atom. The quantitative estimate of drug-likeness (QED) is 0.703. The topological polar surface area (TPSA) is 51.7 Å². The van der Waals surface area contributed by atoms with Crippen molar-refractivity contribution in [3.05, 3.63) is 78.0 Å². The van der Waals surface area contributed by atoms with Crippen molar-refractivity contribution in [2.24, 2.45) is 0 Å². The molecule has 2 aromatic carbocycles. The summed E-state index contributed by atoms with van der Waals surface area (Å²) in [6.45, 7) is 1.39. The van der Waals surface area contributed by atoms with Gasteiger partial charge in [0.15, 0.2) is 0 Å². The third-order valence-corrected chi connectivity index (χ3v) is 5.66. The van der Waals surface area contributed by atoms with E-state index in [4.69, 9.17) is 9.47 Å². The monoisotopic (exact) mass is 360 g/mol. The van der Waals surface area contributed by atoms with Crippen LogP contribution in [0, 0.1) is 0 Å². The van der Waals surface area contributed by atoms with Crippen LogP contribution in [0.4, 0.5) is 0 Å². The van der Waals surface area contributed by atoms with Crippen LogP contribution in [0.15, 0.2) is 66.9 Å². The highest BCUT2D eigenvalue weighted by molar-refractivity contribution is 6.05. The average molecular weight is 360 g/mol. The number of benzene rings is 2. The maximum absolute atomic E-state index is 13.2. The lowest BCUT2D eigenvalue weighted by atomic mass is 9.82. The highest BCUT2D eigenvalue weighted by Gasteiger charge is 2.51. The third-order valence-electron chi connectivity index (χ3n) is 5.66. The molecule has 5 nitrogen and oxygen atoms in total. The second-order valence-electron chi connectivity index (χ2n) is 7.05. The summed E-state index contributed by atoms with van der Waals surface area (Å²) in [4.78, 5) is 19.5. The van der Waals surface area contributed by atoms with E-state index in [1.54, 1.807) is 6.20 Å². The summed E-state index contributed by atoms with van der Waals surface area (Å²) in [6, 6.07) is 19.8. The Kier molecular flexibility index (Phi) is 3.92. The fourth-order valence-electron chi connectivity index (χ4n) is 4.24. The van der Waals surface area contributed by atoms with E-state index in [1.165, 1.54) is 0 Å². The molecule has 2 aliphatic heterocycles. The van der Waals surface area contributed by atoms with Gasteiger partial charge in [-0.3, -0.25) is 9.78 Å². The maximum atomic E-state index is 13.2. The van der Waals surface area contributed by atoms with E-state index < -0.39 is 5.60 Å². The summed E-state index contributed by atoms with van der Waals surface area (Å²) >= 11 is 0. The summed E-state index contributed by atoms with van der Waals surface area (Å²) in [5.41, 5.74) is 2.04. The molecule has 0 N–H and O–H groups in total. The average Bonchev–Trinajstić information content (AvgIpc) is 3.18. The van der Waals surface area contributed by atoms with Crippen molar-refractivity contribution in [1.82, 2.24) is 9.88 Å². The van der Waals surface area contributed by atoms with Crippen molar-refractivity contribution in [1.29, 1.82) is 0 Å². The summed E-state index contributed by atoms with van der Waals surface area (Å²) in [5.74, 6) is -0.00328. The Bertz CT molecular complexity index is 986. The zero-order valence-corrected chi connectivity index (χ0v) is 14.9. The van der Waals surface area contributed by atoms with E-state index in [2.05, 4.69) is 17.1 Å². The number of piperidine rings is 1. The van der Waals surface area contributed by atoms with Crippen LogP contribution in [0.1, 0.15) is 22.3 Å². The van der Waals surface area contributed by atoms with Gasteiger partial charge in [0, 0.05) is 24.5 Å². The van der Waals surface area contributed by atoms with Gasteiger partial charge in [-0.25, -0.2) is 0 Å². The molecule has 1 amide bonds. The van der Waals surface area contributed by atoms with Gasteiger partial charge in [-0.15, -0.1) is 0 Å². The highest BCUT2D eigenvalue weighted by atomic mass is 16.7. The van der Waals surface area contributed by atoms with E-state index in [9.17, 15) is 4.79 Å². The van der Waals surface area contributed by atoms with Crippen LogP contribution >= 0.6 is 0 Å². The molecule has 0 saturated carbocycles.